The largest absolute Gasteiger partial charge is 0.492 e. The first kappa shape index (κ1) is 18.5. The normalized spacial score (nSPS) is 14.3. The van der Waals surface area contributed by atoms with Gasteiger partial charge in [-0.1, -0.05) is 11.8 Å². The van der Waals surface area contributed by atoms with Gasteiger partial charge >= 0.3 is 6.18 Å². The van der Waals surface area contributed by atoms with Crippen molar-refractivity contribution in [1.82, 2.24) is 20.2 Å². The highest BCUT2D eigenvalue weighted by molar-refractivity contribution is 7.99. The lowest BCUT2D eigenvalue weighted by Crippen LogP contribution is -2.16. The molecule has 140 valence electrons. The first-order valence-corrected chi connectivity index (χ1v) is 8.91. The van der Waals surface area contributed by atoms with E-state index in [-0.39, 0.29) is 29.8 Å². The third-order valence-corrected chi connectivity index (χ3v) is 4.50. The Bertz CT molecular complexity index is 792. The zero-order valence-corrected chi connectivity index (χ0v) is 14.6. The Morgan fingerprint density at radius 2 is 2.19 bits per heavy atom. The molecule has 0 spiro atoms. The van der Waals surface area contributed by atoms with Gasteiger partial charge in [0.05, 0.1) is 29.7 Å². The summed E-state index contributed by atoms with van der Waals surface area (Å²) in [5.74, 6) is -0.322. The Kier molecular flexibility index (Phi) is 5.35. The monoisotopic (exact) mass is 387 g/mol. The van der Waals surface area contributed by atoms with Crippen LogP contribution in [0.3, 0.4) is 0 Å². The molecule has 1 aliphatic carbocycles. The number of carbonyl (C=O) groups is 1. The number of thioether (sulfide) groups is 1. The number of benzene rings is 1. The van der Waals surface area contributed by atoms with Crippen LogP contribution in [0, 0.1) is 0 Å². The molecule has 1 saturated carbocycles. The minimum Gasteiger partial charge on any atom is -0.492 e. The van der Waals surface area contributed by atoms with E-state index in [0.29, 0.717) is 5.16 Å². The van der Waals surface area contributed by atoms with Crippen molar-refractivity contribution in [2.75, 3.05) is 17.7 Å². The SMILES string of the molecule is CCOc1ccc(C(F)(F)F)cc1NC(=O)CSc1nnnn1C1CC1. The van der Waals surface area contributed by atoms with E-state index in [2.05, 4.69) is 20.8 Å². The van der Waals surface area contributed by atoms with Gasteiger partial charge in [0.15, 0.2) is 0 Å². The van der Waals surface area contributed by atoms with Gasteiger partial charge in [-0.05, 0) is 48.4 Å². The number of tetrazole rings is 1. The van der Waals surface area contributed by atoms with E-state index >= 15 is 0 Å². The molecule has 1 aromatic heterocycles. The van der Waals surface area contributed by atoms with Crippen molar-refractivity contribution in [2.24, 2.45) is 0 Å². The average Bonchev–Trinajstić information content (AvgIpc) is 3.32. The predicted molar refractivity (Wildman–Crippen MR) is 88.1 cm³/mol. The van der Waals surface area contributed by atoms with E-state index in [9.17, 15) is 18.0 Å². The van der Waals surface area contributed by atoms with E-state index in [4.69, 9.17) is 4.74 Å². The van der Waals surface area contributed by atoms with Crippen molar-refractivity contribution in [1.29, 1.82) is 0 Å². The number of halogens is 3. The highest BCUT2D eigenvalue weighted by atomic mass is 32.2. The van der Waals surface area contributed by atoms with Crippen molar-refractivity contribution in [2.45, 2.75) is 37.1 Å². The lowest BCUT2D eigenvalue weighted by molar-refractivity contribution is -0.137. The molecule has 0 bridgehead atoms. The Hall–Kier alpha value is -2.30. The van der Waals surface area contributed by atoms with E-state index in [1.165, 1.54) is 6.07 Å². The molecular weight excluding hydrogens is 371 g/mol. The molecule has 1 heterocycles. The molecule has 1 fully saturated rings. The number of alkyl halides is 3. The molecule has 0 atom stereocenters. The maximum absolute atomic E-state index is 12.9. The quantitative estimate of drug-likeness (QED) is 0.735. The zero-order chi connectivity index (χ0) is 18.7. The molecule has 3 rings (SSSR count). The molecule has 26 heavy (non-hydrogen) atoms. The summed E-state index contributed by atoms with van der Waals surface area (Å²) < 4.78 is 45.7. The zero-order valence-electron chi connectivity index (χ0n) is 13.8. The van der Waals surface area contributed by atoms with Gasteiger partial charge in [-0.3, -0.25) is 4.79 Å². The van der Waals surface area contributed by atoms with E-state index < -0.39 is 17.6 Å². The first-order valence-electron chi connectivity index (χ1n) is 7.93. The molecule has 1 N–H and O–H groups in total. The molecule has 1 aliphatic rings. The van der Waals surface area contributed by atoms with Crippen molar-refractivity contribution in [3.05, 3.63) is 23.8 Å². The Balaban J connectivity index is 1.68. The Labute approximate surface area is 151 Å². The van der Waals surface area contributed by atoms with Crippen LogP contribution in [-0.2, 0) is 11.0 Å². The number of hydrogen-bond acceptors (Lipinski definition) is 6. The Morgan fingerprint density at radius 3 is 2.85 bits per heavy atom. The third-order valence-electron chi connectivity index (χ3n) is 3.57. The number of nitrogens with zero attached hydrogens (tertiary/aromatic N) is 4. The number of carbonyl (C=O) groups excluding carboxylic acids is 1. The molecule has 0 aliphatic heterocycles. The van der Waals surface area contributed by atoms with Gasteiger partial charge in [-0.2, -0.15) is 13.2 Å². The van der Waals surface area contributed by atoms with E-state index in [1.807, 2.05) is 0 Å². The summed E-state index contributed by atoms with van der Waals surface area (Å²) in [5.41, 5.74) is -0.879. The third kappa shape index (κ3) is 4.45. The maximum atomic E-state index is 12.9. The fraction of sp³-hybridized carbons (Fsp3) is 0.467. The second-order valence-electron chi connectivity index (χ2n) is 5.62. The van der Waals surface area contributed by atoms with Crippen molar-refractivity contribution in [3.8, 4) is 5.75 Å². The van der Waals surface area contributed by atoms with Crippen molar-refractivity contribution >= 4 is 23.4 Å². The van der Waals surface area contributed by atoms with Gasteiger partial charge in [0.1, 0.15) is 5.75 Å². The molecule has 11 heteroatoms. The van der Waals surface area contributed by atoms with Crippen LogP contribution < -0.4 is 10.1 Å². The van der Waals surface area contributed by atoms with Crippen LogP contribution in [0.1, 0.15) is 31.4 Å². The van der Waals surface area contributed by atoms with Gasteiger partial charge in [0.25, 0.3) is 0 Å². The number of aromatic nitrogens is 4. The molecular formula is C15H16F3N5O2S. The average molecular weight is 387 g/mol. The lowest BCUT2D eigenvalue weighted by Gasteiger charge is -2.14. The molecule has 7 nitrogen and oxygen atoms in total. The number of rotatable bonds is 7. The minimum absolute atomic E-state index is 0.0194. The van der Waals surface area contributed by atoms with Crippen LogP contribution in [0.5, 0.6) is 5.75 Å². The Morgan fingerprint density at radius 1 is 1.42 bits per heavy atom. The maximum Gasteiger partial charge on any atom is 0.416 e. The number of ether oxygens (including phenoxy) is 1. The predicted octanol–water partition coefficient (Wildman–Crippen LogP) is 3.16. The minimum atomic E-state index is -4.51. The van der Waals surface area contributed by atoms with Gasteiger partial charge in [0.2, 0.25) is 11.1 Å². The topological polar surface area (TPSA) is 81.9 Å². The van der Waals surface area contributed by atoms with Crippen molar-refractivity contribution in [3.63, 3.8) is 0 Å². The molecule has 0 radical (unpaired) electrons. The van der Waals surface area contributed by atoms with Crippen LogP contribution in [-0.4, -0.2) is 38.5 Å². The second kappa shape index (κ2) is 7.52. The van der Waals surface area contributed by atoms with Gasteiger partial charge in [-0.15, -0.1) is 5.10 Å². The standard InChI is InChI=1S/C15H16F3N5O2S/c1-2-25-12-6-3-9(15(16,17)18)7-11(12)19-13(24)8-26-14-20-21-22-23(14)10-4-5-10/h3,6-7,10H,2,4-5,8H2,1H3,(H,19,24). The fourth-order valence-electron chi connectivity index (χ4n) is 2.23. The number of anilines is 1. The van der Waals surface area contributed by atoms with Gasteiger partial charge in [0, 0.05) is 0 Å². The number of nitrogens with one attached hydrogen (secondary N) is 1. The lowest BCUT2D eigenvalue weighted by atomic mass is 10.1. The molecule has 1 amide bonds. The molecule has 2 aromatic rings. The van der Waals surface area contributed by atoms with Crippen LogP contribution in [0.4, 0.5) is 18.9 Å². The summed E-state index contributed by atoms with van der Waals surface area (Å²) in [5, 5.41) is 14.3. The molecule has 0 unspecified atom stereocenters. The molecule has 1 aromatic carbocycles. The summed E-state index contributed by atoms with van der Waals surface area (Å²) >= 11 is 1.13. The highest BCUT2D eigenvalue weighted by Gasteiger charge is 2.31. The summed E-state index contributed by atoms with van der Waals surface area (Å²) in [6.45, 7) is 1.97. The summed E-state index contributed by atoms with van der Waals surface area (Å²) in [6.07, 6.45) is -2.52. The smallest absolute Gasteiger partial charge is 0.416 e. The van der Waals surface area contributed by atoms with Crippen LogP contribution in [0.15, 0.2) is 23.4 Å². The molecule has 0 saturated heterocycles. The van der Waals surface area contributed by atoms with Crippen molar-refractivity contribution < 1.29 is 22.7 Å². The number of amides is 1. The van der Waals surface area contributed by atoms with Crippen LogP contribution >= 0.6 is 11.8 Å². The summed E-state index contributed by atoms with van der Waals surface area (Å²) in [4.78, 5) is 12.2. The fourth-order valence-corrected chi connectivity index (χ4v) is 2.97. The highest BCUT2D eigenvalue weighted by Crippen LogP contribution is 2.37. The summed E-state index contributed by atoms with van der Waals surface area (Å²) in [7, 11) is 0. The van der Waals surface area contributed by atoms with Crippen LogP contribution in [0.2, 0.25) is 0 Å². The second-order valence-corrected chi connectivity index (χ2v) is 6.56. The van der Waals surface area contributed by atoms with E-state index in [1.54, 1.807) is 11.6 Å². The van der Waals surface area contributed by atoms with Gasteiger partial charge in [-0.25, -0.2) is 4.68 Å². The van der Waals surface area contributed by atoms with Crippen LogP contribution in [0.25, 0.3) is 0 Å². The van der Waals surface area contributed by atoms with Gasteiger partial charge < -0.3 is 10.1 Å². The van der Waals surface area contributed by atoms with E-state index in [0.717, 1.165) is 36.7 Å². The summed E-state index contributed by atoms with van der Waals surface area (Å²) in [6, 6.07) is 3.24. The number of hydrogen-bond donors (Lipinski definition) is 1. The first-order chi connectivity index (χ1) is 12.4.